The first-order valence-electron chi connectivity index (χ1n) is 11.0. The van der Waals surface area contributed by atoms with Crippen molar-refractivity contribution in [2.75, 3.05) is 7.05 Å². The lowest BCUT2D eigenvalue weighted by Gasteiger charge is -2.21. The average Bonchev–Trinajstić information content (AvgIpc) is 2.62. The van der Waals surface area contributed by atoms with E-state index in [1.165, 1.54) is 17.6 Å². The highest BCUT2D eigenvalue weighted by atomic mass is 19.1. The van der Waals surface area contributed by atoms with Crippen molar-refractivity contribution in [1.29, 1.82) is 0 Å². The summed E-state index contributed by atoms with van der Waals surface area (Å²) >= 11 is 0. The van der Waals surface area contributed by atoms with Crippen LogP contribution in [0.5, 0.6) is 0 Å². The molecule has 1 heterocycles. The summed E-state index contributed by atoms with van der Waals surface area (Å²) in [5.74, 6) is 0.442. The molecule has 1 aromatic heterocycles. The zero-order valence-electron chi connectivity index (χ0n) is 19.8. The molecule has 29 heavy (non-hydrogen) atoms. The first-order chi connectivity index (χ1) is 13.6. The van der Waals surface area contributed by atoms with Gasteiger partial charge < -0.3 is 10.6 Å². The molecule has 1 aromatic rings. The van der Waals surface area contributed by atoms with Gasteiger partial charge in [0.2, 0.25) is 0 Å². The van der Waals surface area contributed by atoms with Crippen LogP contribution in [0.2, 0.25) is 0 Å². The lowest BCUT2D eigenvalue weighted by Crippen LogP contribution is -2.29. The Morgan fingerprint density at radius 2 is 2.00 bits per heavy atom. The third-order valence-electron chi connectivity index (χ3n) is 5.21. The molecule has 164 valence electrons. The summed E-state index contributed by atoms with van der Waals surface area (Å²) in [5.41, 5.74) is 4.88. The van der Waals surface area contributed by atoms with E-state index in [0.717, 1.165) is 29.8 Å². The van der Waals surface area contributed by atoms with Crippen molar-refractivity contribution >= 4 is 0 Å². The highest BCUT2D eigenvalue weighted by Gasteiger charge is 2.16. The molecule has 0 saturated heterocycles. The predicted octanol–water partition coefficient (Wildman–Crippen LogP) is 6.03. The molecular weight excluding hydrogens is 361 g/mol. The van der Waals surface area contributed by atoms with Crippen molar-refractivity contribution in [2.45, 2.75) is 92.4 Å². The Labute approximate surface area is 178 Å². The number of aromatic nitrogens is 1. The van der Waals surface area contributed by atoms with Crippen LogP contribution < -0.4 is 10.6 Å². The minimum Gasteiger partial charge on any atom is -0.387 e. The van der Waals surface area contributed by atoms with E-state index in [2.05, 4.69) is 68.6 Å². The number of alkyl halides is 1. The van der Waals surface area contributed by atoms with E-state index in [9.17, 15) is 4.39 Å². The van der Waals surface area contributed by atoms with Crippen LogP contribution in [0.15, 0.2) is 35.7 Å². The van der Waals surface area contributed by atoms with Crippen molar-refractivity contribution in [2.24, 2.45) is 5.92 Å². The molecule has 0 fully saturated rings. The van der Waals surface area contributed by atoms with Crippen LogP contribution in [0.25, 0.3) is 0 Å². The standard InChI is InChI=1S/C25H42FN3/c1-9-10-19(4)13-24(27-8)22(18(2)3)17-28-15-21-14-20(5)23(29-16-21)11-12-25(6,7)26/h13-14,16-18,24,27-28H,9-12,15H2,1-8H3/b19-13-,22-17-. The molecule has 0 aromatic carbocycles. The minimum absolute atomic E-state index is 0.236. The van der Waals surface area contributed by atoms with Gasteiger partial charge in [-0.3, -0.25) is 4.98 Å². The van der Waals surface area contributed by atoms with Crippen molar-refractivity contribution in [3.05, 3.63) is 52.5 Å². The van der Waals surface area contributed by atoms with E-state index >= 15 is 0 Å². The van der Waals surface area contributed by atoms with E-state index < -0.39 is 5.67 Å². The number of hydrogen-bond acceptors (Lipinski definition) is 3. The molecule has 0 bridgehead atoms. The van der Waals surface area contributed by atoms with E-state index in [1.807, 2.05) is 13.2 Å². The third kappa shape index (κ3) is 9.58. The number of nitrogens with one attached hydrogen (secondary N) is 2. The summed E-state index contributed by atoms with van der Waals surface area (Å²) in [6.07, 6.45) is 9.87. The summed E-state index contributed by atoms with van der Waals surface area (Å²) in [7, 11) is 2.02. The number of hydrogen-bond donors (Lipinski definition) is 2. The van der Waals surface area contributed by atoms with Crippen molar-refractivity contribution in [3.63, 3.8) is 0 Å². The maximum Gasteiger partial charge on any atom is 0.105 e. The van der Waals surface area contributed by atoms with E-state index in [4.69, 9.17) is 0 Å². The molecule has 1 atom stereocenters. The third-order valence-corrected chi connectivity index (χ3v) is 5.21. The van der Waals surface area contributed by atoms with Crippen LogP contribution >= 0.6 is 0 Å². The van der Waals surface area contributed by atoms with Gasteiger partial charge in [0.1, 0.15) is 5.67 Å². The molecule has 0 saturated carbocycles. The molecule has 4 heteroatoms. The Morgan fingerprint density at radius 3 is 2.52 bits per heavy atom. The van der Waals surface area contributed by atoms with Gasteiger partial charge in [0.05, 0.1) is 0 Å². The molecule has 1 rings (SSSR count). The molecule has 0 amide bonds. The number of likely N-dealkylation sites (N-methyl/N-ethyl adjacent to an activating group) is 1. The second-order valence-electron chi connectivity index (χ2n) is 9.04. The van der Waals surface area contributed by atoms with Gasteiger partial charge in [-0.2, -0.15) is 0 Å². The highest BCUT2D eigenvalue weighted by Crippen LogP contribution is 2.19. The topological polar surface area (TPSA) is 37.0 Å². The Balaban J connectivity index is 2.81. The van der Waals surface area contributed by atoms with Crippen LogP contribution in [-0.2, 0) is 13.0 Å². The molecule has 2 N–H and O–H groups in total. The maximum atomic E-state index is 13.8. The minimum atomic E-state index is -1.15. The normalized spacial score (nSPS) is 14.4. The van der Waals surface area contributed by atoms with Crippen molar-refractivity contribution in [1.82, 2.24) is 15.6 Å². The fraction of sp³-hybridized carbons (Fsp3) is 0.640. The fourth-order valence-corrected chi connectivity index (χ4v) is 3.45. The van der Waals surface area contributed by atoms with Gasteiger partial charge in [0.15, 0.2) is 0 Å². The second kappa shape index (κ2) is 12.1. The molecule has 3 nitrogen and oxygen atoms in total. The lowest BCUT2D eigenvalue weighted by molar-refractivity contribution is 0.201. The number of aryl methyl sites for hydroxylation is 2. The largest absolute Gasteiger partial charge is 0.387 e. The SMILES string of the molecule is CCC/C(C)=C\C(NC)/C(=C\NCc1cnc(CCC(C)(C)F)c(C)c1)C(C)C. The highest BCUT2D eigenvalue weighted by molar-refractivity contribution is 5.26. The van der Waals surface area contributed by atoms with Crippen molar-refractivity contribution in [3.8, 4) is 0 Å². The molecule has 0 radical (unpaired) electrons. The zero-order valence-corrected chi connectivity index (χ0v) is 19.8. The average molecular weight is 404 g/mol. The van der Waals surface area contributed by atoms with E-state index in [0.29, 0.717) is 18.8 Å². The maximum absolute atomic E-state index is 13.8. The van der Waals surface area contributed by atoms with Gasteiger partial charge >= 0.3 is 0 Å². The summed E-state index contributed by atoms with van der Waals surface area (Å²) in [6, 6.07) is 2.39. The van der Waals surface area contributed by atoms with Crippen LogP contribution in [0.1, 0.15) is 77.6 Å². The number of allylic oxidation sites excluding steroid dienone is 1. The summed E-state index contributed by atoms with van der Waals surface area (Å²) in [6.45, 7) is 14.9. The van der Waals surface area contributed by atoms with Gasteiger partial charge in [-0.25, -0.2) is 4.39 Å². The number of rotatable bonds is 12. The smallest absolute Gasteiger partial charge is 0.105 e. The molecule has 0 aliphatic rings. The molecular formula is C25H42FN3. The Morgan fingerprint density at radius 1 is 1.31 bits per heavy atom. The number of halogens is 1. The number of pyridine rings is 1. The van der Waals surface area contributed by atoms with E-state index in [-0.39, 0.29) is 6.04 Å². The van der Waals surface area contributed by atoms with Gasteiger partial charge in [-0.05, 0) is 82.8 Å². The molecule has 0 aliphatic carbocycles. The van der Waals surface area contributed by atoms with Crippen LogP contribution in [0.4, 0.5) is 4.39 Å². The van der Waals surface area contributed by atoms with Crippen LogP contribution in [-0.4, -0.2) is 23.7 Å². The van der Waals surface area contributed by atoms with Gasteiger partial charge in [0.25, 0.3) is 0 Å². The second-order valence-corrected chi connectivity index (χ2v) is 9.04. The summed E-state index contributed by atoms with van der Waals surface area (Å²) < 4.78 is 13.8. The zero-order chi connectivity index (χ0) is 22.0. The van der Waals surface area contributed by atoms with Crippen LogP contribution in [0.3, 0.4) is 0 Å². The van der Waals surface area contributed by atoms with Gasteiger partial charge in [0, 0.05) is 24.5 Å². The first kappa shape index (κ1) is 25.4. The first-order valence-corrected chi connectivity index (χ1v) is 11.0. The molecule has 0 aliphatic heterocycles. The molecule has 0 spiro atoms. The Kier molecular flexibility index (Phi) is 10.6. The number of nitrogens with zero attached hydrogens (tertiary/aromatic N) is 1. The fourth-order valence-electron chi connectivity index (χ4n) is 3.45. The lowest BCUT2D eigenvalue weighted by atomic mass is 9.94. The monoisotopic (exact) mass is 403 g/mol. The predicted molar refractivity (Wildman–Crippen MR) is 124 cm³/mol. The quantitative estimate of drug-likeness (QED) is 0.418. The Hall–Kier alpha value is -1.68. The van der Waals surface area contributed by atoms with Crippen molar-refractivity contribution < 1.29 is 4.39 Å². The molecule has 1 unspecified atom stereocenters. The van der Waals surface area contributed by atoms with Gasteiger partial charge in [-0.15, -0.1) is 0 Å². The summed E-state index contributed by atoms with van der Waals surface area (Å²) in [4.78, 5) is 4.58. The van der Waals surface area contributed by atoms with Gasteiger partial charge in [-0.1, -0.05) is 44.9 Å². The Bertz CT molecular complexity index is 684. The van der Waals surface area contributed by atoms with E-state index in [1.54, 1.807) is 13.8 Å². The summed E-state index contributed by atoms with van der Waals surface area (Å²) in [5, 5.41) is 6.91. The van der Waals surface area contributed by atoms with Crippen LogP contribution in [0, 0.1) is 12.8 Å².